The van der Waals surface area contributed by atoms with Gasteiger partial charge in [-0.05, 0) is 59.3 Å². The third-order valence-electron chi connectivity index (χ3n) is 3.81. The lowest BCUT2D eigenvalue weighted by molar-refractivity contribution is -0.158. The summed E-state index contributed by atoms with van der Waals surface area (Å²) in [4.78, 5) is 22.8. The van der Waals surface area contributed by atoms with Gasteiger partial charge in [0.05, 0.1) is 0 Å². The van der Waals surface area contributed by atoms with Crippen LogP contribution >= 0.6 is 0 Å². The number of nitrogens with one attached hydrogen (secondary N) is 1. The van der Waals surface area contributed by atoms with Gasteiger partial charge in [0, 0.05) is 6.04 Å². The Morgan fingerprint density at radius 1 is 1.24 bits per heavy atom. The first kappa shape index (κ1) is 17.9. The molecule has 2 atom stereocenters. The Morgan fingerprint density at radius 2 is 1.76 bits per heavy atom. The molecule has 0 radical (unpaired) electrons. The minimum Gasteiger partial charge on any atom is -0.480 e. The van der Waals surface area contributed by atoms with Gasteiger partial charge >= 0.3 is 11.9 Å². The molecule has 0 saturated heterocycles. The van der Waals surface area contributed by atoms with Gasteiger partial charge in [0.15, 0.2) is 0 Å². The van der Waals surface area contributed by atoms with E-state index in [-0.39, 0.29) is 17.9 Å². The number of carbonyl (C=O) groups excluding carboxylic acids is 1. The van der Waals surface area contributed by atoms with Crippen molar-refractivity contribution in [3.05, 3.63) is 0 Å². The predicted molar refractivity (Wildman–Crippen MR) is 79.8 cm³/mol. The molecule has 0 amide bonds. The summed E-state index contributed by atoms with van der Waals surface area (Å²) < 4.78 is 5.32. The number of esters is 1. The second-order valence-electron chi connectivity index (χ2n) is 6.90. The van der Waals surface area contributed by atoms with Crippen LogP contribution in [0.3, 0.4) is 0 Å². The number of carboxylic acids is 1. The van der Waals surface area contributed by atoms with E-state index in [4.69, 9.17) is 15.6 Å². The van der Waals surface area contributed by atoms with Gasteiger partial charge in [-0.2, -0.15) is 0 Å². The standard InChI is InChI=1S/C15H28N2O4/c1-9(13(18)19)17-11-7-5-10(6-8-11)12(16)14(20)21-15(2,3)4/h9-12,17H,5-8,16H2,1-4H3,(H,18,19)/t9-,10?,11?,12?/m0/s1. The third kappa shape index (κ3) is 6.01. The van der Waals surface area contributed by atoms with E-state index in [9.17, 15) is 9.59 Å². The molecule has 0 bridgehead atoms. The molecule has 4 N–H and O–H groups in total. The molecule has 1 saturated carbocycles. The van der Waals surface area contributed by atoms with Gasteiger partial charge in [0.1, 0.15) is 17.7 Å². The Hall–Kier alpha value is -1.14. The SMILES string of the molecule is C[C@H](NC1CCC(C(N)C(=O)OC(C)(C)C)CC1)C(=O)O. The van der Waals surface area contributed by atoms with E-state index in [2.05, 4.69) is 5.32 Å². The van der Waals surface area contributed by atoms with E-state index in [0.29, 0.717) is 0 Å². The quantitative estimate of drug-likeness (QED) is 0.661. The number of hydrogen-bond donors (Lipinski definition) is 3. The molecule has 21 heavy (non-hydrogen) atoms. The van der Waals surface area contributed by atoms with Crippen molar-refractivity contribution in [1.82, 2.24) is 5.32 Å². The highest BCUT2D eigenvalue weighted by atomic mass is 16.6. The van der Waals surface area contributed by atoms with Crippen molar-refractivity contribution in [2.75, 3.05) is 0 Å². The van der Waals surface area contributed by atoms with E-state index in [1.165, 1.54) is 0 Å². The molecule has 0 aromatic rings. The summed E-state index contributed by atoms with van der Waals surface area (Å²) in [6.45, 7) is 7.12. The van der Waals surface area contributed by atoms with Gasteiger partial charge in [-0.3, -0.25) is 9.59 Å². The van der Waals surface area contributed by atoms with Crippen LogP contribution < -0.4 is 11.1 Å². The van der Waals surface area contributed by atoms with E-state index in [0.717, 1.165) is 25.7 Å². The van der Waals surface area contributed by atoms with Gasteiger partial charge in [-0.15, -0.1) is 0 Å². The largest absolute Gasteiger partial charge is 0.480 e. The van der Waals surface area contributed by atoms with Gasteiger partial charge in [-0.1, -0.05) is 0 Å². The number of ether oxygens (including phenoxy) is 1. The average Bonchev–Trinajstić information content (AvgIpc) is 2.36. The second kappa shape index (κ2) is 7.22. The number of rotatable bonds is 5. The summed E-state index contributed by atoms with van der Waals surface area (Å²) >= 11 is 0. The first-order valence-electron chi connectivity index (χ1n) is 7.57. The fourth-order valence-corrected chi connectivity index (χ4v) is 2.63. The molecule has 0 aromatic carbocycles. The molecule has 0 aromatic heterocycles. The minimum atomic E-state index is -0.845. The van der Waals surface area contributed by atoms with Gasteiger partial charge in [0.2, 0.25) is 0 Å². The Labute approximate surface area is 126 Å². The smallest absolute Gasteiger partial charge is 0.323 e. The molecular weight excluding hydrogens is 272 g/mol. The Morgan fingerprint density at radius 3 is 2.19 bits per heavy atom. The van der Waals surface area contributed by atoms with Crippen LogP contribution in [0.1, 0.15) is 53.4 Å². The van der Waals surface area contributed by atoms with E-state index in [1.807, 2.05) is 20.8 Å². The highest BCUT2D eigenvalue weighted by Crippen LogP contribution is 2.27. The van der Waals surface area contributed by atoms with Crippen molar-refractivity contribution in [3.63, 3.8) is 0 Å². The number of aliphatic carboxylic acids is 1. The zero-order valence-corrected chi connectivity index (χ0v) is 13.4. The fourth-order valence-electron chi connectivity index (χ4n) is 2.63. The lowest BCUT2D eigenvalue weighted by Gasteiger charge is -2.33. The average molecular weight is 300 g/mol. The maximum absolute atomic E-state index is 12.0. The summed E-state index contributed by atoms with van der Waals surface area (Å²) in [7, 11) is 0. The molecule has 0 aliphatic heterocycles. The van der Waals surface area contributed by atoms with Crippen LogP contribution in [0.4, 0.5) is 0 Å². The Kier molecular flexibility index (Phi) is 6.16. The molecule has 1 unspecified atom stereocenters. The lowest BCUT2D eigenvalue weighted by Crippen LogP contribution is -2.47. The van der Waals surface area contributed by atoms with Crippen molar-refractivity contribution in [2.24, 2.45) is 11.7 Å². The molecule has 6 heteroatoms. The fraction of sp³-hybridized carbons (Fsp3) is 0.867. The van der Waals surface area contributed by atoms with Crippen molar-refractivity contribution in [3.8, 4) is 0 Å². The Bertz CT molecular complexity index is 370. The summed E-state index contributed by atoms with van der Waals surface area (Å²) in [5, 5.41) is 12.0. The molecule has 1 fully saturated rings. The van der Waals surface area contributed by atoms with E-state index in [1.54, 1.807) is 6.92 Å². The predicted octanol–water partition coefficient (Wildman–Crippen LogP) is 1.28. The first-order chi connectivity index (χ1) is 9.60. The van der Waals surface area contributed by atoms with Crippen LogP contribution in [0.2, 0.25) is 0 Å². The summed E-state index contributed by atoms with van der Waals surface area (Å²) in [5.74, 6) is -1.08. The summed E-state index contributed by atoms with van der Waals surface area (Å²) in [5.41, 5.74) is 5.48. The molecule has 122 valence electrons. The van der Waals surface area contributed by atoms with Crippen molar-refractivity contribution in [2.45, 2.75) is 77.1 Å². The van der Waals surface area contributed by atoms with Gasteiger partial charge in [0.25, 0.3) is 0 Å². The molecule has 0 spiro atoms. The van der Waals surface area contributed by atoms with E-state index >= 15 is 0 Å². The molecule has 1 aliphatic rings. The van der Waals surface area contributed by atoms with Crippen molar-refractivity contribution >= 4 is 11.9 Å². The van der Waals surface area contributed by atoms with Crippen LogP contribution in [0.15, 0.2) is 0 Å². The van der Waals surface area contributed by atoms with Crippen molar-refractivity contribution < 1.29 is 19.4 Å². The highest BCUT2D eigenvalue weighted by Gasteiger charge is 2.32. The number of carbonyl (C=O) groups is 2. The minimum absolute atomic E-state index is 0.109. The zero-order valence-electron chi connectivity index (χ0n) is 13.4. The molecule has 0 heterocycles. The second-order valence-corrected chi connectivity index (χ2v) is 6.90. The van der Waals surface area contributed by atoms with Gasteiger partial charge in [-0.25, -0.2) is 0 Å². The first-order valence-corrected chi connectivity index (χ1v) is 7.57. The van der Waals surface area contributed by atoms with Crippen LogP contribution in [0.5, 0.6) is 0 Å². The van der Waals surface area contributed by atoms with E-state index < -0.39 is 23.7 Å². The number of hydrogen-bond acceptors (Lipinski definition) is 5. The van der Waals surface area contributed by atoms with Crippen molar-refractivity contribution in [1.29, 1.82) is 0 Å². The third-order valence-corrected chi connectivity index (χ3v) is 3.81. The van der Waals surface area contributed by atoms with Gasteiger partial charge < -0.3 is 20.9 Å². The van der Waals surface area contributed by atoms with Crippen LogP contribution in [0, 0.1) is 5.92 Å². The maximum Gasteiger partial charge on any atom is 0.323 e. The van der Waals surface area contributed by atoms with Crippen LogP contribution in [-0.2, 0) is 14.3 Å². The molecule has 1 rings (SSSR count). The normalized spacial score (nSPS) is 26.0. The topological polar surface area (TPSA) is 102 Å². The number of carboxylic acid groups (broad SMARTS) is 1. The number of nitrogens with two attached hydrogens (primary N) is 1. The molecule has 6 nitrogen and oxygen atoms in total. The monoisotopic (exact) mass is 300 g/mol. The Balaban J connectivity index is 2.42. The molecule has 1 aliphatic carbocycles. The summed E-state index contributed by atoms with van der Waals surface area (Å²) in [6.07, 6.45) is 3.28. The maximum atomic E-state index is 12.0. The van der Waals surface area contributed by atoms with Crippen LogP contribution in [-0.4, -0.2) is 40.8 Å². The summed E-state index contributed by atoms with van der Waals surface area (Å²) in [6, 6.07) is -0.966. The zero-order chi connectivity index (χ0) is 16.2. The molecular formula is C15H28N2O4. The lowest BCUT2D eigenvalue weighted by atomic mass is 9.81. The van der Waals surface area contributed by atoms with Crippen LogP contribution in [0.25, 0.3) is 0 Å². The highest BCUT2D eigenvalue weighted by molar-refractivity contribution is 5.76.